The summed E-state index contributed by atoms with van der Waals surface area (Å²) in [5.74, 6) is -1.22. The van der Waals surface area contributed by atoms with E-state index in [-0.39, 0.29) is 6.61 Å². The predicted molar refractivity (Wildman–Crippen MR) is 76.0 cm³/mol. The summed E-state index contributed by atoms with van der Waals surface area (Å²) in [5.41, 5.74) is 0.465. The fourth-order valence-electron chi connectivity index (χ4n) is 2.81. The molecule has 4 atom stereocenters. The molecule has 0 aromatic heterocycles. The second kappa shape index (κ2) is 5.96. The molecule has 120 valence electrons. The van der Waals surface area contributed by atoms with Gasteiger partial charge in [-0.3, -0.25) is 0 Å². The van der Waals surface area contributed by atoms with Crippen LogP contribution in [0.1, 0.15) is 30.6 Å². The molecule has 2 fully saturated rings. The van der Waals surface area contributed by atoms with Gasteiger partial charge in [0.1, 0.15) is 6.10 Å². The highest BCUT2D eigenvalue weighted by atomic mass is 16.8. The number of aliphatic hydroxyl groups is 1. The average molecular weight is 308 g/mol. The molecule has 3 rings (SSSR count). The summed E-state index contributed by atoms with van der Waals surface area (Å²) < 4.78 is 22.8. The third-order valence-corrected chi connectivity index (χ3v) is 3.75. The van der Waals surface area contributed by atoms with Crippen LogP contribution in [0.15, 0.2) is 30.3 Å². The number of carbonyl (C=O) groups excluding carboxylic acids is 1. The topological polar surface area (TPSA) is 74.2 Å². The van der Waals surface area contributed by atoms with E-state index in [0.717, 1.165) is 0 Å². The van der Waals surface area contributed by atoms with Crippen LogP contribution in [0.5, 0.6) is 0 Å². The minimum absolute atomic E-state index is 0.0626. The fraction of sp³-hybridized carbons (Fsp3) is 0.562. The second-order valence-electron chi connectivity index (χ2n) is 5.89. The van der Waals surface area contributed by atoms with Gasteiger partial charge in [-0.2, -0.15) is 0 Å². The van der Waals surface area contributed by atoms with Crippen molar-refractivity contribution >= 4 is 5.97 Å². The first-order chi connectivity index (χ1) is 10.5. The van der Waals surface area contributed by atoms with E-state index in [9.17, 15) is 4.79 Å². The third-order valence-electron chi connectivity index (χ3n) is 3.75. The minimum atomic E-state index is -0.781. The van der Waals surface area contributed by atoms with Crippen LogP contribution in [0.4, 0.5) is 0 Å². The number of esters is 1. The first-order valence-electron chi connectivity index (χ1n) is 7.38. The summed E-state index contributed by atoms with van der Waals surface area (Å²) in [5, 5.41) is 9.16. The van der Waals surface area contributed by atoms with Gasteiger partial charge in [-0.25, -0.2) is 4.79 Å². The maximum absolute atomic E-state index is 12.3. The van der Waals surface area contributed by atoms with Gasteiger partial charge in [-0.05, 0) is 26.0 Å². The van der Waals surface area contributed by atoms with Gasteiger partial charge in [-0.1, -0.05) is 18.2 Å². The largest absolute Gasteiger partial charge is 0.453 e. The highest BCUT2D eigenvalue weighted by molar-refractivity contribution is 5.89. The Balaban J connectivity index is 1.75. The molecule has 22 heavy (non-hydrogen) atoms. The van der Waals surface area contributed by atoms with E-state index in [1.54, 1.807) is 38.1 Å². The first-order valence-corrected chi connectivity index (χ1v) is 7.38. The Morgan fingerprint density at radius 3 is 2.68 bits per heavy atom. The Kier molecular flexibility index (Phi) is 4.18. The van der Waals surface area contributed by atoms with Crippen molar-refractivity contribution < 1.29 is 28.8 Å². The SMILES string of the molecule is CC1(C)O[C@H]2O[C@H](CCO)[C@@H](OC(=O)c3ccccc3)[C@H]2O1. The Morgan fingerprint density at radius 2 is 2.00 bits per heavy atom. The zero-order valence-electron chi connectivity index (χ0n) is 12.6. The number of rotatable bonds is 4. The Labute approximate surface area is 128 Å². The number of benzene rings is 1. The van der Waals surface area contributed by atoms with E-state index < -0.39 is 36.4 Å². The number of carbonyl (C=O) groups is 1. The molecule has 2 aliphatic heterocycles. The van der Waals surface area contributed by atoms with Gasteiger partial charge in [0.15, 0.2) is 24.3 Å². The minimum Gasteiger partial charge on any atom is -0.453 e. The van der Waals surface area contributed by atoms with E-state index in [0.29, 0.717) is 12.0 Å². The van der Waals surface area contributed by atoms with Gasteiger partial charge in [0.25, 0.3) is 0 Å². The molecular formula is C16H20O6. The summed E-state index contributed by atoms with van der Waals surface area (Å²) in [6.07, 6.45) is -1.76. The summed E-state index contributed by atoms with van der Waals surface area (Å²) in [6.45, 7) is 3.50. The van der Waals surface area contributed by atoms with Crippen molar-refractivity contribution in [2.24, 2.45) is 0 Å². The van der Waals surface area contributed by atoms with Gasteiger partial charge in [0.05, 0.1) is 5.56 Å². The number of aliphatic hydroxyl groups excluding tert-OH is 1. The number of hydrogen-bond acceptors (Lipinski definition) is 6. The lowest BCUT2D eigenvalue weighted by molar-refractivity contribution is -0.216. The van der Waals surface area contributed by atoms with Gasteiger partial charge < -0.3 is 24.1 Å². The molecule has 1 aromatic carbocycles. The van der Waals surface area contributed by atoms with Crippen LogP contribution in [0.3, 0.4) is 0 Å². The monoisotopic (exact) mass is 308 g/mol. The van der Waals surface area contributed by atoms with Crippen molar-refractivity contribution in [3.05, 3.63) is 35.9 Å². The number of hydrogen-bond donors (Lipinski definition) is 1. The van der Waals surface area contributed by atoms with E-state index >= 15 is 0 Å². The number of ether oxygens (including phenoxy) is 4. The predicted octanol–water partition coefficient (Wildman–Crippen LogP) is 1.47. The van der Waals surface area contributed by atoms with E-state index in [2.05, 4.69) is 0 Å². The van der Waals surface area contributed by atoms with Crippen LogP contribution in [-0.2, 0) is 18.9 Å². The number of fused-ring (bicyclic) bond motifs is 1. The van der Waals surface area contributed by atoms with Crippen LogP contribution >= 0.6 is 0 Å². The van der Waals surface area contributed by atoms with Crippen molar-refractivity contribution in [3.63, 3.8) is 0 Å². The Bertz CT molecular complexity index is 529. The van der Waals surface area contributed by atoms with E-state index in [1.807, 2.05) is 6.07 Å². The van der Waals surface area contributed by atoms with Gasteiger partial charge >= 0.3 is 5.97 Å². The van der Waals surface area contributed by atoms with Crippen molar-refractivity contribution in [3.8, 4) is 0 Å². The molecule has 0 amide bonds. The maximum atomic E-state index is 12.3. The normalized spacial score (nSPS) is 32.7. The second-order valence-corrected chi connectivity index (χ2v) is 5.89. The van der Waals surface area contributed by atoms with Crippen molar-refractivity contribution in [2.75, 3.05) is 6.61 Å². The van der Waals surface area contributed by atoms with Crippen LogP contribution in [0.25, 0.3) is 0 Å². The molecule has 6 heteroatoms. The Hall–Kier alpha value is -1.47. The molecule has 2 aliphatic rings. The lowest BCUT2D eigenvalue weighted by Crippen LogP contribution is -2.38. The van der Waals surface area contributed by atoms with Crippen LogP contribution < -0.4 is 0 Å². The van der Waals surface area contributed by atoms with Crippen molar-refractivity contribution in [2.45, 2.75) is 50.7 Å². The molecule has 0 saturated carbocycles. The standard InChI is InChI=1S/C16H20O6/c1-16(2)21-13-12(11(8-9-17)19-15(13)22-16)20-14(18)10-6-4-3-5-7-10/h3-7,11-13,15,17H,8-9H2,1-2H3/t11-,12-,13-,15-/m1/s1. The summed E-state index contributed by atoms with van der Waals surface area (Å²) in [6, 6.07) is 8.75. The zero-order chi connectivity index (χ0) is 15.7. The molecule has 0 spiro atoms. The van der Waals surface area contributed by atoms with Gasteiger partial charge in [0, 0.05) is 13.0 Å². The van der Waals surface area contributed by atoms with Gasteiger partial charge in [-0.15, -0.1) is 0 Å². The molecular weight excluding hydrogens is 288 g/mol. The lowest BCUT2D eigenvalue weighted by atomic mass is 10.1. The van der Waals surface area contributed by atoms with Gasteiger partial charge in [0.2, 0.25) is 0 Å². The van der Waals surface area contributed by atoms with Crippen LogP contribution in [-0.4, -0.2) is 48.1 Å². The molecule has 2 saturated heterocycles. The highest BCUT2D eigenvalue weighted by Crippen LogP contribution is 2.39. The summed E-state index contributed by atoms with van der Waals surface area (Å²) in [7, 11) is 0. The van der Waals surface area contributed by atoms with Crippen molar-refractivity contribution in [1.82, 2.24) is 0 Å². The maximum Gasteiger partial charge on any atom is 0.338 e. The average Bonchev–Trinajstić information content (AvgIpc) is 2.94. The zero-order valence-corrected chi connectivity index (χ0v) is 12.6. The molecule has 0 aliphatic carbocycles. The summed E-state index contributed by atoms with van der Waals surface area (Å²) >= 11 is 0. The third kappa shape index (κ3) is 3.01. The molecule has 0 unspecified atom stereocenters. The quantitative estimate of drug-likeness (QED) is 0.849. The molecule has 2 heterocycles. The van der Waals surface area contributed by atoms with Crippen molar-refractivity contribution in [1.29, 1.82) is 0 Å². The Morgan fingerprint density at radius 1 is 1.27 bits per heavy atom. The molecule has 0 radical (unpaired) electrons. The summed E-state index contributed by atoms with van der Waals surface area (Å²) in [4.78, 5) is 12.3. The fourth-order valence-corrected chi connectivity index (χ4v) is 2.81. The smallest absolute Gasteiger partial charge is 0.338 e. The van der Waals surface area contributed by atoms with E-state index in [4.69, 9.17) is 24.1 Å². The van der Waals surface area contributed by atoms with Crippen LogP contribution in [0.2, 0.25) is 0 Å². The molecule has 1 aromatic rings. The first kappa shape index (κ1) is 15.4. The lowest BCUT2D eigenvalue weighted by Gasteiger charge is -2.25. The molecule has 0 bridgehead atoms. The van der Waals surface area contributed by atoms with Crippen LogP contribution in [0, 0.1) is 0 Å². The highest BCUT2D eigenvalue weighted by Gasteiger charge is 2.56. The molecule has 6 nitrogen and oxygen atoms in total. The van der Waals surface area contributed by atoms with E-state index in [1.165, 1.54) is 0 Å². The molecule has 1 N–H and O–H groups in total.